The lowest BCUT2D eigenvalue weighted by molar-refractivity contribution is 1.17. The molecule has 0 atom stereocenters. The van der Waals surface area contributed by atoms with Crippen molar-refractivity contribution in [2.75, 3.05) is 0 Å². The zero-order chi connectivity index (χ0) is 45.7. The Hall–Kier alpha value is -8.65. The number of benzene rings is 11. The van der Waals surface area contributed by atoms with Gasteiger partial charge in [0.25, 0.3) is 0 Å². The highest BCUT2D eigenvalue weighted by Gasteiger charge is 2.33. The van der Waals surface area contributed by atoms with Crippen LogP contribution in [0.15, 0.2) is 286 Å². The van der Waals surface area contributed by atoms with E-state index in [-0.39, 0.29) is 0 Å². The second-order valence-corrected chi connectivity index (χ2v) is 20.8. The molecule has 324 valence electrons. The van der Waals surface area contributed by atoms with Gasteiger partial charge in [0, 0.05) is 35.9 Å². The van der Waals surface area contributed by atoms with Gasteiger partial charge in [-0.2, -0.15) is 0 Å². The summed E-state index contributed by atoms with van der Waals surface area (Å²) in [6, 6.07) is 92.0. The molecule has 1 aliphatic carbocycles. The molecular formula is C67H45NS. The van der Waals surface area contributed by atoms with Crippen molar-refractivity contribution in [3.63, 3.8) is 0 Å². The first-order chi connectivity index (χ1) is 34.2. The van der Waals surface area contributed by atoms with Crippen molar-refractivity contribution < 1.29 is 0 Å². The zero-order valence-corrected chi connectivity index (χ0v) is 38.7. The van der Waals surface area contributed by atoms with Crippen LogP contribution >= 0.6 is 10.0 Å². The van der Waals surface area contributed by atoms with E-state index in [0.717, 1.165) is 22.3 Å². The van der Waals surface area contributed by atoms with Crippen LogP contribution in [-0.2, 0) is 0 Å². The van der Waals surface area contributed by atoms with E-state index in [4.69, 9.17) is 0 Å². The smallest absolute Gasteiger partial charge is 0.0547 e. The molecule has 69 heavy (non-hydrogen) atoms. The van der Waals surface area contributed by atoms with E-state index in [1.54, 1.807) is 0 Å². The summed E-state index contributed by atoms with van der Waals surface area (Å²) in [5, 5.41) is 7.43. The minimum atomic E-state index is -1.81. The van der Waals surface area contributed by atoms with Crippen molar-refractivity contribution in [3.05, 3.63) is 278 Å². The second-order valence-electron chi connectivity index (χ2n) is 17.7. The molecule has 0 amide bonds. The van der Waals surface area contributed by atoms with Crippen molar-refractivity contribution in [2.24, 2.45) is 0 Å². The molecule has 12 aromatic rings. The normalized spacial score (nSPS) is 12.5. The number of rotatable bonds is 8. The van der Waals surface area contributed by atoms with Gasteiger partial charge in [-0.15, -0.1) is 15.8 Å². The summed E-state index contributed by atoms with van der Waals surface area (Å²) in [5.74, 6) is 0. The first kappa shape index (κ1) is 40.6. The summed E-state index contributed by atoms with van der Waals surface area (Å²) >= 11 is 0. The van der Waals surface area contributed by atoms with Crippen molar-refractivity contribution in [1.29, 1.82) is 0 Å². The molecule has 0 unspecified atom stereocenters. The second kappa shape index (κ2) is 16.9. The molecule has 13 rings (SSSR count). The Morgan fingerprint density at radius 3 is 1.33 bits per heavy atom. The monoisotopic (exact) mass is 895 g/mol. The van der Waals surface area contributed by atoms with Gasteiger partial charge in [0.1, 0.15) is 0 Å². The van der Waals surface area contributed by atoms with Gasteiger partial charge in [0.05, 0.1) is 16.7 Å². The molecule has 0 bridgehead atoms. The Kier molecular flexibility index (Phi) is 9.95. The van der Waals surface area contributed by atoms with Crippen LogP contribution < -0.4 is 0 Å². The Labute approximate surface area is 404 Å². The number of hydrogen-bond acceptors (Lipinski definition) is 0. The molecule has 11 aromatic carbocycles. The Morgan fingerprint density at radius 1 is 0.333 bits per heavy atom. The summed E-state index contributed by atoms with van der Waals surface area (Å²) in [4.78, 5) is 5.23. The van der Waals surface area contributed by atoms with Crippen LogP contribution in [0.4, 0.5) is 0 Å². The molecule has 1 aromatic heterocycles. The van der Waals surface area contributed by atoms with Crippen LogP contribution in [-0.4, -0.2) is 4.57 Å². The third-order valence-electron chi connectivity index (χ3n) is 14.0. The Bertz CT molecular complexity index is 3780. The van der Waals surface area contributed by atoms with Gasteiger partial charge in [-0.1, -0.05) is 182 Å². The summed E-state index contributed by atoms with van der Waals surface area (Å²) in [7, 11) is -1.81. The zero-order valence-electron chi connectivity index (χ0n) is 37.8. The lowest BCUT2D eigenvalue weighted by atomic mass is 9.93. The Balaban J connectivity index is 1.00. The van der Waals surface area contributed by atoms with E-state index in [2.05, 4.69) is 277 Å². The average molecular weight is 896 g/mol. The predicted octanol–water partition coefficient (Wildman–Crippen LogP) is 18.6. The van der Waals surface area contributed by atoms with Crippen LogP contribution in [0, 0.1) is 0 Å². The van der Waals surface area contributed by atoms with E-state index in [1.807, 2.05) is 6.08 Å². The van der Waals surface area contributed by atoms with Crippen LogP contribution in [0.2, 0.25) is 0 Å². The fourth-order valence-corrected chi connectivity index (χ4v) is 14.7. The molecule has 0 aliphatic heterocycles. The third-order valence-corrected chi connectivity index (χ3v) is 17.9. The maximum atomic E-state index is 3.51. The fraction of sp³-hybridized carbons (Fsp3) is 0. The summed E-state index contributed by atoms with van der Waals surface area (Å²) < 4.78 is 2.48. The SMILES string of the molecule is C1=CC=Cc2c(-c3ccc(S(c4ccccc4)(c4ccccc4)c4ccccc4)cc3)ccc(-n3c4ccc(-c5cccc6ccccc56)cc4c4cc(-c5cccc6ccccc56)ccc43)c2C=1. The quantitative estimate of drug-likeness (QED) is 0.134. The molecule has 0 radical (unpaired) electrons. The lowest BCUT2D eigenvalue weighted by Crippen LogP contribution is -2.05. The molecular weight excluding hydrogens is 851 g/mol. The van der Waals surface area contributed by atoms with Crippen molar-refractivity contribution in [3.8, 4) is 39.1 Å². The van der Waals surface area contributed by atoms with Gasteiger partial charge in [-0.3, -0.25) is 0 Å². The fourth-order valence-electron chi connectivity index (χ4n) is 10.8. The van der Waals surface area contributed by atoms with Crippen LogP contribution in [0.3, 0.4) is 0 Å². The maximum Gasteiger partial charge on any atom is 0.0547 e. The van der Waals surface area contributed by atoms with E-state index >= 15 is 0 Å². The van der Waals surface area contributed by atoms with Crippen molar-refractivity contribution >= 4 is 65.5 Å². The molecule has 0 spiro atoms. The van der Waals surface area contributed by atoms with E-state index < -0.39 is 10.0 Å². The average Bonchev–Trinajstić information content (AvgIpc) is 3.53. The molecule has 0 fully saturated rings. The van der Waals surface area contributed by atoms with Gasteiger partial charge in [-0.05, 0) is 152 Å². The molecule has 0 N–H and O–H groups in total. The number of aromatic nitrogens is 1. The summed E-state index contributed by atoms with van der Waals surface area (Å²) in [5.41, 5.74) is 16.5. The summed E-state index contributed by atoms with van der Waals surface area (Å²) in [6.45, 7) is 0. The predicted molar refractivity (Wildman–Crippen MR) is 294 cm³/mol. The minimum Gasteiger partial charge on any atom is -0.309 e. The van der Waals surface area contributed by atoms with E-state index in [1.165, 1.54) is 90.8 Å². The molecule has 1 heterocycles. The van der Waals surface area contributed by atoms with Gasteiger partial charge in [0.15, 0.2) is 0 Å². The third kappa shape index (κ3) is 6.73. The molecule has 2 heteroatoms. The van der Waals surface area contributed by atoms with E-state index in [0.29, 0.717) is 0 Å². The number of nitrogens with zero attached hydrogens (tertiary/aromatic N) is 1. The maximum absolute atomic E-state index is 3.51. The first-order valence-electron chi connectivity index (χ1n) is 23.6. The number of hydrogen-bond donors (Lipinski definition) is 0. The molecule has 1 aliphatic rings. The minimum absolute atomic E-state index is 1.12. The van der Waals surface area contributed by atoms with Crippen LogP contribution in [0.5, 0.6) is 0 Å². The lowest BCUT2D eigenvalue weighted by Gasteiger charge is -2.42. The van der Waals surface area contributed by atoms with Gasteiger partial charge in [-0.25, -0.2) is 0 Å². The molecule has 0 saturated heterocycles. The van der Waals surface area contributed by atoms with Gasteiger partial charge >= 0.3 is 0 Å². The molecule has 1 nitrogen and oxygen atoms in total. The highest BCUT2D eigenvalue weighted by Crippen LogP contribution is 2.73. The van der Waals surface area contributed by atoms with Crippen molar-refractivity contribution in [2.45, 2.75) is 19.6 Å². The summed E-state index contributed by atoms with van der Waals surface area (Å²) in [6.07, 6.45) is 8.58. The van der Waals surface area contributed by atoms with Gasteiger partial charge in [0.2, 0.25) is 0 Å². The largest absolute Gasteiger partial charge is 0.309 e. The highest BCUT2D eigenvalue weighted by molar-refractivity contribution is 8.34. The number of allylic oxidation sites excluding steroid dienone is 2. The topological polar surface area (TPSA) is 4.93 Å². The number of fused-ring (bicyclic) bond motifs is 6. The Morgan fingerprint density at radius 2 is 0.797 bits per heavy atom. The first-order valence-corrected chi connectivity index (χ1v) is 25.3. The van der Waals surface area contributed by atoms with Gasteiger partial charge < -0.3 is 4.57 Å². The van der Waals surface area contributed by atoms with Crippen LogP contribution in [0.1, 0.15) is 11.1 Å². The highest BCUT2D eigenvalue weighted by atomic mass is 32.3. The van der Waals surface area contributed by atoms with E-state index in [9.17, 15) is 0 Å². The van der Waals surface area contributed by atoms with Crippen LogP contribution in [0.25, 0.3) is 94.6 Å². The van der Waals surface area contributed by atoms with Crippen molar-refractivity contribution in [1.82, 2.24) is 4.57 Å². The molecule has 0 saturated carbocycles. The standard InChI is InChI=1S/C67H45NS/c1-5-23-52(24-6-1)69(53-25-7-2-8-26-53,54-27-9-3-10-28-54)55-39-35-49(36-40-55)60-41-44-65(62-32-12-4-11-31-61(60)62)68-66-42-37-50(58-33-17-21-47-19-13-15-29-56(47)58)45-63(66)64-46-51(38-43-67(64)68)59-34-18-22-48-20-14-16-30-57(48)59/h1-11,13-46H.